The van der Waals surface area contributed by atoms with Crippen molar-refractivity contribution < 1.29 is 0 Å². The zero-order chi connectivity index (χ0) is 13.2. The first-order chi connectivity index (χ1) is 9.20. The molecule has 2 aromatic heterocycles. The summed E-state index contributed by atoms with van der Waals surface area (Å²) in [5, 5.41) is 1.16. The maximum atomic E-state index is 4.27. The molecule has 19 heavy (non-hydrogen) atoms. The van der Waals surface area contributed by atoms with E-state index in [2.05, 4.69) is 43.8 Å². The summed E-state index contributed by atoms with van der Waals surface area (Å²) in [7, 11) is 0. The average molecular weight is 311 g/mol. The third kappa shape index (κ3) is 2.69. The van der Waals surface area contributed by atoms with Gasteiger partial charge in [-0.2, -0.15) is 0 Å². The van der Waals surface area contributed by atoms with Gasteiger partial charge in [-0.1, -0.05) is 28.1 Å². The van der Waals surface area contributed by atoms with Crippen LogP contribution in [0.5, 0.6) is 0 Å². The van der Waals surface area contributed by atoms with E-state index in [9.17, 15) is 0 Å². The summed E-state index contributed by atoms with van der Waals surface area (Å²) in [4.78, 5) is 7.55. The molecule has 3 rings (SSSR count). The zero-order valence-electron chi connectivity index (χ0n) is 10.4. The van der Waals surface area contributed by atoms with Crippen LogP contribution in [-0.2, 0) is 0 Å². The molecule has 92 valence electrons. The fourth-order valence-corrected chi connectivity index (χ4v) is 2.20. The second kappa shape index (κ2) is 4.91. The number of H-pyrrole nitrogens is 1. The third-order valence-corrected chi connectivity index (χ3v) is 3.31. The number of aryl methyl sites for hydroxylation is 1. The first-order valence-electron chi connectivity index (χ1n) is 5.94. The van der Waals surface area contributed by atoms with Gasteiger partial charge in [0.15, 0.2) is 0 Å². The van der Waals surface area contributed by atoms with Crippen LogP contribution < -0.4 is 0 Å². The molecule has 0 atom stereocenters. The summed E-state index contributed by atoms with van der Waals surface area (Å²) < 4.78 is 1.06. The molecule has 3 aromatic rings. The van der Waals surface area contributed by atoms with Crippen LogP contribution in [0.2, 0.25) is 0 Å². The number of hydrogen-bond acceptors (Lipinski definition) is 1. The molecule has 1 N–H and O–H groups in total. The van der Waals surface area contributed by atoms with Crippen LogP contribution in [0.25, 0.3) is 10.9 Å². The summed E-state index contributed by atoms with van der Waals surface area (Å²) in [5.74, 6) is 6.17. The van der Waals surface area contributed by atoms with Crippen molar-refractivity contribution in [3.8, 4) is 11.8 Å². The van der Waals surface area contributed by atoms with Crippen molar-refractivity contribution in [2.24, 2.45) is 0 Å². The molecular weight excluding hydrogens is 300 g/mol. The van der Waals surface area contributed by atoms with Gasteiger partial charge in [-0.25, -0.2) is 4.98 Å². The van der Waals surface area contributed by atoms with Crippen molar-refractivity contribution in [1.29, 1.82) is 0 Å². The molecule has 0 bridgehead atoms. The van der Waals surface area contributed by atoms with E-state index in [1.807, 2.05) is 43.5 Å². The molecule has 0 aliphatic rings. The van der Waals surface area contributed by atoms with E-state index in [4.69, 9.17) is 0 Å². The fourth-order valence-electron chi connectivity index (χ4n) is 1.84. The van der Waals surface area contributed by atoms with Crippen molar-refractivity contribution in [3.63, 3.8) is 0 Å². The monoisotopic (exact) mass is 310 g/mol. The Kier molecular flexibility index (Phi) is 3.10. The van der Waals surface area contributed by atoms with Crippen molar-refractivity contribution >= 4 is 26.8 Å². The van der Waals surface area contributed by atoms with Gasteiger partial charge in [0.1, 0.15) is 5.69 Å². The molecule has 2 heterocycles. The molecular formula is C16H11BrN2. The van der Waals surface area contributed by atoms with Gasteiger partial charge in [-0.15, -0.1) is 0 Å². The third-order valence-electron chi connectivity index (χ3n) is 2.82. The topological polar surface area (TPSA) is 28.7 Å². The Morgan fingerprint density at radius 1 is 1.11 bits per heavy atom. The Hall–Kier alpha value is -2.05. The van der Waals surface area contributed by atoms with Crippen LogP contribution >= 0.6 is 15.9 Å². The maximum Gasteiger partial charge on any atom is 0.113 e. The summed E-state index contributed by atoms with van der Waals surface area (Å²) in [6.45, 7) is 2.01. The SMILES string of the molecule is Cc1ccc(C#Cc2cc3ccc(Br)cc3[nH]2)nc1. The van der Waals surface area contributed by atoms with E-state index in [1.54, 1.807) is 0 Å². The standard InChI is InChI=1S/C16H11BrN2/c1-11-2-5-14(18-10-11)6-7-15-8-12-3-4-13(17)9-16(12)19-15/h2-5,8-10,19H,1H3. The molecule has 3 heteroatoms. The van der Waals surface area contributed by atoms with Gasteiger partial charge in [0, 0.05) is 21.6 Å². The smallest absolute Gasteiger partial charge is 0.113 e. The first kappa shape index (κ1) is 12.0. The molecule has 0 aliphatic heterocycles. The minimum Gasteiger partial charge on any atom is -0.348 e. The van der Waals surface area contributed by atoms with Crippen LogP contribution in [-0.4, -0.2) is 9.97 Å². The van der Waals surface area contributed by atoms with Gasteiger partial charge in [-0.05, 0) is 48.6 Å². The van der Waals surface area contributed by atoms with E-state index in [1.165, 1.54) is 0 Å². The van der Waals surface area contributed by atoms with Gasteiger partial charge in [0.05, 0.1) is 5.69 Å². The van der Waals surface area contributed by atoms with Gasteiger partial charge in [0.25, 0.3) is 0 Å². The lowest BCUT2D eigenvalue weighted by Gasteiger charge is -1.90. The molecule has 0 saturated carbocycles. The molecule has 0 aliphatic carbocycles. The fraction of sp³-hybridized carbons (Fsp3) is 0.0625. The number of benzene rings is 1. The molecule has 0 saturated heterocycles. The number of nitrogens with one attached hydrogen (secondary N) is 1. The molecule has 0 unspecified atom stereocenters. The normalized spacial score (nSPS) is 10.2. The van der Waals surface area contributed by atoms with E-state index >= 15 is 0 Å². The number of aromatic amines is 1. The number of rotatable bonds is 0. The number of aromatic nitrogens is 2. The van der Waals surface area contributed by atoms with Crippen LogP contribution in [0.4, 0.5) is 0 Å². The maximum absolute atomic E-state index is 4.27. The summed E-state index contributed by atoms with van der Waals surface area (Å²) in [5.41, 5.74) is 3.90. The van der Waals surface area contributed by atoms with Crippen LogP contribution in [0, 0.1) is 18.8 Å². The van der Waals surface area contributed by atoms with Gasteiger partial charge in [-0.3, -0.25) is 0 Å². The van der Waals surface area contributed by atoms with Crippen LogP contribution in [0.1, 0.15) is 17.0 Å². The number of hydrogen-bond donors (Lipinski definition) is 1. The second-order valence-corrected chi connectivity index (χ2v) is 5.30. The van der Waals surface area contributed by atoms with Gasteiger partial charge < -0.3 is 4.98 Å². The number of halogens is 1. The average Bonchev–Trinajstić information content (AvgIpc) is 2.80. The first-order valence-corrected chi connectivity index (χ1v) is 6.73. The molecule has 0 amide bonds. The van der Waals surface area contributed by atoms with Crippen molar-refractivity contribution in [3.05, 3.63) is 64.0 Å². The predicted molar refractivity (Wildman–Crippen MR) is 81.0 cm³/mol. The van der Waals surface area contributed by atoms with Crippen LogP contribution in [0.15, 0.2) is 47.1 Å². The highest BCUT2D eigenvalue weighted by molar-refractivity contribution is 9.10. The highest BCUT2D eigenvalue weighted by Crippen LogP contribution is 2.19. The summed E-state index contributed by atoms with van der Waals surface area (Å²) >= 11 is 3.46. The lowest BCUT2D eigenvalue weighted by molar-refractivity contribution is 1.24. The molecule has 0 fully saturated rings. The molecule has 0 spiro atoms. The number of fused-ring (bicyclic) bond motifs is 1. The largest absolute Gasteiger partial charge is 0.348 e. The highest BCUT2D eigenvalue weighted by atomic mass is 79.9. The minimum atomic E-state index is 0.783. The second-order valence-electron chi connectivity index (χ2n) is 4.39. The van der Waals surface area contributed by atoms with E-state index in [-0.39, 0.29) is 0 Å². The molecule has 2 nitrogen and oxygen atoms in total. The Bertz CT molecular complexity index is 789. The molecule has 1 aromatic carbocycles. The van der Waals surface area contributed by atoms with Crippen molar-refractivity contribution in [2.75, 3.05) is 0 Å². The zero-order valence-corrected chi connectivity index (χ0v) is 12.0. The van der Waals surface area contributed by atoms with Gasteiger partial charge in [0.2, 0.25) is 0 Å². The Balaban J connectivity index is 1.95. The van der Waals surface area contributed by atoms with E-state index in [0.717, 1.165) is 32.3 Å². The number of nitrogens with zero attached hydrogens (tertiary/aromatic N) is 1. The van der Waals surface area contributed by atoms with E-state index in [0.29, 0.717) is 0 Å². The lowest BCUT2D eigenvalue weighted by atomic mass is 10.2. The Labute approximate surface area is 120 Å². The lowest BCUT2D eigenvalue weighted by Crippen LogP contribution is -1.82. The van der Waals surface area contributed by atoms with Crippen LogP contribution in [0.3, 0.4) is 0 Å². The Morgan fingerprint density at radius 2 is 2.00 bits per heavy atom. The highest BCUT2D eigenvalue weighted by Gasteiger charge is 1.98. The van der Waals surface area contributed by atoms with Gasteiger partial charge >= 0.3 is 0 Å². The molecule has 0 radical (unpaired) electrons. The summed E-state index contributed by atoms with van der Waals surface area (Å²) in [6, 6.07) is 12.1. The number of pyridine rings is 1. The van der Waals surface area contributed by atoms with Crippen molar-refractivity contribution in [2.45, 2.75) is 6.92 Å². The van der Waals surface area contributed by atoms with E-state index < -0.39 is 0 Å². The van der Waals surface area contributed by atoms with Crippen molar-refractivity contribution in [1.82, 2.24) is 9.97 Å². The predicted octanol–water partition coefficient (Wildman–Crippen LogP) is 4.03. The Morgan fingerprint density at radius 3 is 2.79 bits per heavy atom. The minimum absolute atomic E-state index is 0.783. The quantitative estimate of drug-likeness (QED) is 0.624. The summed E-state index contributed by atoms with van der Waals surface area (Å²) in [6.07, 6.45) is 1.83.